The smallest absolute Gasteiger partial charge is 0.315 e. The monoisotopic (exact) mass is 369 g/mol. The predicted molar refractivity (Wildman–Crippen MR) is 111 cm³/mol. The molecule has 0 aliphatic heterocycles. The van der Waals surface area contributed by atoms with Gasteiger partial charge in [0.05, 0.1) is 11.6 Å². The number of amides is 2. The average Bonchev–Trinajstić information content (AvgIpc) is 2.77. The molecule has 0 aliphatic carbocycles. The Morgan fingerprint density at radius 3 is 1.93 bits per heavy atom. The molecule has 2 N–H and O–H groups in total. The summed E-state index contributed by atoms with van der Waals surface area (Å²) >= 11 is 0. The number of carbonyl (C=O) groups excluding carboxylic acids is 1. The lowest BCUT2D eigenvalue weighted by molar-refractivity contribution is 0.240. The molecule has 0 aromatic heterocycles. The number of rotatable bonds is 7. The second-order valence-corrected chi connectivity index (χ2v) is 6.58. The van der Waals surface area contributed by atoms with Gasteiger partial charge in [0, 0.05) is 19.0 Å². The van der Waals surface area contributed by atoms with Crippen molar-refractivity contribution in [2.24, 2.45) is 0 Å². The lowest BCUT2D eigenvalue weighted by Gasteiger charge is -2.18. The second-order valence-electron chi connectivity index (χ2n) is 6.58. The molecular weight excluding hydrogens is 346 g/mol. The fourth-order valence-electron chi connectivity index (χ4n) is 3.17. The normalized spacial score (nSPS) is 10.3. The summed E-state index contributed by atoms with van der Waals surface area (Å²) in [6.45, 7) is 1.01. The zero-order valence-electron chi connectivity index (χ0n) is 15.6. The van der Waals surface area contributed by atoms with Gasteiger partial charge in [0.2, 0.25) is 0 Å². The zero-order chi connectivity index (χ0) is 19.6. The van der Waals surface area contributed by atoms with Crippen LogP contribution in [0.4, 0.5) is 4.79 Å². The number of urea groups is 1. The molecule has 3 aromatic rings. The predicted octanol–water partition coefficient (Wildman–Crippen LogP) is 4.58. The van der Waals surface area contributed by atoms with Crippen molar-refractivity contribution >= 4 is 6.03 Å². The van der Waals surface area contributed by atoms with Gasteiger partial charge >= 0.3 is 6.03 Å². The van der Waals surface area contributed by atoms with E-state index < -0.39 is 0 Å². The third-order valence-electron chi connectivity index (χ3n) is 4.66. The first-order valence-electron chi connectivity index (χ1n) is 9.37. The highest BCUT2D eigenvalue weighted by atomic mass is 16.2. The van der Waals surface area contributed by atoms with Gasteiger partial charge in [-0.05, 0) is 35.2 Å². The van der Waals surface area contributed by atoms with Crippen molar-refractivity contribution in [3.63, 3.8) is 0 Å². The lowest BCUT2D eigenvalue weighted by atomic mass is 9.88. The van der Waals surface area contributed by atoms with Crippen LogP contribution in [0.15, 0.2) is 84.9 Å². The fourth-order valence-corrected chi connectivity index (χ4v) is 3.17. The van der Waals surface area contributed by atoms with E-state index in [0.29, 0.717) is 18.7 Å². The Morgan fingerprint density at radius 1 is 0.821 bits per heavy atom. The van der Waals surface area contributed by atoms with Gasteiger partial charge in [-0.3, -0.25) is 0 Å². The van der Waals surface area contributed by atoms with Gasteiger partial charge in [-0.2, -0.15) is 5.26 Å². The zero-order valence-corrected chi connectivity index (χ0v) is 15.6. The van der Waals surface area contributed by atoms with Crippen LogP contribution in [-0.4, -0.2) is 12.6 Å². The van der Waals surface area contributed by atoms with Gasteiger partial charge in [0.15, 0.2) is 0 Å². The third-order valence-corrected chi connectivity index (χ3v) is 4.66. The van der Waals surface area contributed by atoms with E-state index in [-0.39, 0.29) is 11.9 Å². The molecule has 4 heteroatoms. The number of hydrogen-bond acceptors (Lipinski definition) is 2. The highest BCUT2D eigenvalue weighted by Crippen LogP contribution is 2.27. The van der Waals surface area contributed by atoms with Crippen LogP contribution in [0.3, 0.4) is 0 Å². The molecule has 0 atom stereocenters. The Kier molecular flexibility index (Phi) is 6.81. The Labute approximate surface area is 165 Å². The third kappa shape index (κ3) is 5.46. The average molecular weight is 369 g/mol. The maximum Gasteiger partial charge on any atom is 0.315 e. The Morgan fingerprint density at radius 2 is 1.39 bits per heavy atom. The molecule has 0 bridgehead atoms. The van der Waals surface area contributed by atoms with Crippen LogP contribution in [0, 0.1) is 11.3 Å². The lowest BCUT2D eigenvalue weighted by Crippen LogP contribution is -2.36. The standard InChI is InChI=1S/C24H23N3O/c25-17-19-11-13-20(14-12-19)18-27-24(28)26-16-15-23(21-7-3-1-4-8-21)22-9-5-2-6-10-22/h1-14,23H,15-16,18H2,(H2,26,27,28). The Bertz CT molecular complexity index is 876. The van der Waals surface area contributed by atoms with Gasteiger partial charge in [0.1, 0.15) is 0 Å². The first-order chi connectivity index (χ1) is 13.8. The van der Waals surface area contributed by atoms with E-state index in [0.717, 1.165) is 12.0 Å². The maximum absolute atomic E-state index is 12.1. The number of carbonyl (C=O) groups is 1. The number of benzene rings is 3. The van der Waals surface area contributed by atoms with E-state index in [4.69, 9.17) is 5.26 Å². The largest absolute Gasteiger partial charge is 0.338 e. The molecule has 140 valence electrons. The topological polar surface area (TPSA) is 64.9 Å². The van der Waals surface area contributed by atoms with Crippen LogP contribution in [0.2, 0.25) is 0 Å². The first-order valence-corrected chi connectivity index (χ1v) is 9.37. The molecule has 3 rings (SSSR count). The molecule has 2 amide bonds. The van der Waals surface area contributed by atoms with Crippen molar-refractivity contribution in [3.05, 3.63) is 107 Å². The summed E-state index contributed by atoms with van der Waals surface area (Å²) in [7, 11) is 0. The highest BCUT2D eigenvalue weighted by Gasteiger charge is 2.14. The molecule has 0 fully saturated rings. The number of nitrogens with one attached hydrogen (secondary N) is 2. The van der Waals surface area contributed by atoms with Crippen LogP contribution in [-0.2, 0) is 6.54 Å². The van der Waals surface area contributed by atoms with Crippen molar-refractivity contribution in [1.29, 1.82) is 5.26 Å². The fraction of sp³-hybridized carbons (Fsp3) is 0.167. The minimum absolute atomic E-state index is 0.191. The van der Waals surface area contributed by atoms with Crippen LogP contribution < -0.4 is 10.6 Å². The van der Waals surface area contributed by atoms with Crippen molar-refractivity contribution in [2.75, 3.05) is 6.54 Å². The van der Waals surface area contributed by atoms with E-state index >= 15 is 0 Å². The van der Waals surface area contributed by atoms with E-state index in [2.05, 4.69) is 41.0 Å². The van der Waals surface area contributed by atoms with E-state index in [1.165, 1.54) is 11.1 Å². The number of nitrogens with zero attached hydrogens (tertiary/aromatic N) is 1. The summed E-state index contributed by atoms with van der Waals surface area (Å²) in [5.74, 6) is 0.237. The summed E-state index contributed by atoms with van der Waals surface area (Å²) in [5, 5.41) is 14.6. The molecule has 28 heavy (non-hydrogen) atoms. The van der Waals surface area contributed by atoms with E-state index in [9.17, 15) is 4.79 Å². The van der Waals surface area contributed by atoms with Gasteiger partial charge < -0.3 is 10.6 Å². The van der Waals surface area contributed by atoms with Crippen molar-refractivity contribution in [2.45, 2.75) is 18.9 Å². The minimum atomic E-state index is -0.191. The summed E-state index contributed by atoms with van der Waals surface area (Å²) in [6.07, 6.45) is 0.818. The van der Waals surface area contributed by atoms with Crippen molar-refractivity contribution in [1.82, 2.24) is 10.6 Å². The molecule has 0 saturated heterocycles. The molecule has 0 radical (unpaired) electrons. The highest BCUT2D eigenvalue weighted by molar-refractivity contribution is 5.73. The summed E-state index contributed by atoms with van der Waals surface area (Å²) in [6, 6.07) is 29.8. The van der Waals surface area contributed by atoms with Gasteiger partial charge in [0.25, 0.3) is 0 Å². The first kappa shape index (κ1) is 19.2. The molecule has 0 saturated carbocycles. The maximum atomic E-state index is 12.1. The molecule has 0 heterocycles. The van der Waals surface area contributed by atoms with Crippen molar-refractivity contribution in [3.8, 4) is 6.07 Å². The van der Waals surface area contributed by atoms with E-state index in [1.54, 1.807) is 12.1 Å². The van der Waals surface area contributed by atoms with Crippen LogP contribution in [0.25, 0.3) is 0 Å². The Hall–Kier alpha value is -3.58. The molecule has 0 spiro atoms. The summed E-state index contributed by atoms with van der Waals surface area (Å²) in [5.41, 5.74) is 4.06. The molecule has 0 unspecified atom stereocenters. The molecular formula is C24H23N3O. The molecule has 3 aromatic carbocycles. The minimum Gasteiger partial charge on any atom is -0.338 e. The Balaban J connectivity index is 1.52. The quantitative estimate of drug-likeness (QED) is 0.640. The van der Waals surface area contributed by atoms with Gasteiger partial charge in [-0.1, -0.05) is 72.8 Å². The van der Waals surface area contributed by atoms with Crippen LogP contribution in [0.1, 0.15) is 34.6 Å². The van der Waals surface area contributed by atoms with Crippen LogP contribution in [0.5, 0.6) is 0 Å². The van der Waals surface area contributed by atoms with Gasteiger partial charge in [-0.15, -0.1) is 0 Å². The molecule has 4 nitrogen and oxygen atoms in total. The summed E-state index contributed by atoms with van der Waals surface area (Å²) < 4.78 is 0. The second kappa shape index (κ2) is 9.94. The van der Waals surface area contributed by atoms with Crippen LogP contribution >= 0.6 is 0 Å². The SMILES string of the molecule is N#Cc1ccc(CNC(=O)NCCC(c2ccccc2)c2ccccc2)cc1. The number of hydrogen-bond donors (Lipinski definition) is 2. The molecule has 0 aliphatic rings. The van der Waals surface area contributed by atoms with E-state index in [1.807, 2.05) is 48.5 Å². The van der Waals surface area contributed by atoms with Gasteiger partial charge in [-0.25, -0.2) is 4.79 Å². The summed E-state index contributed by atoms with van der Waals surface area (Å²) in [4.78, 5) is 12.1. The van der Waals surface area contributed by atoms with Crippen molar-refractivity contribution < 1.29 is 4.79 Å². The number of nitriles is 1.